The summed E-state index contributed by atoms with van der Waals surface area (Å²) >= 11 is 0. The molecule has 0 aromatic carbocycles. The number of halogens is 1. The second-order valence-corrected chi connectivity index (χ2v) is 5.31. The predicted molar refractivity (Wildman–Crippen MR) is 52.8 cm³/mol. The summed E-state index contributed by atoms with van der Waals surface area (Å²) in [7, 11) is 1.29. The second kappa shape index (κ2) is 4.85. The van der Waals surface area contributed by atoms with Gasteiger partial charge in [-0.1, -0.05) is 5.92 Å². The number of likely N-dealkylation sites (tertiary alicyclic amines) is 1. The summed E-state index contributed by atoms with van der Waals surface area (Å²) in [6.45, 7) is 3.06. The molecule has 0 saturated carbocycles. The summed E-state index contributed by atoms with van der Waals surface area (Å²) in [6.07, 6.45) is 3.05. The molecule has 0 amide bonds. The molecule has 0 aromatic rings. The molecule has 0 N–H and O–H groups in total. The highest BCUT2D eigenvalue weighted by molar-refractivity contribution is 8.17. The molecule has 0 spiro atoms. The van der Waals surface area contributed by atoms with Gasteiger partial charge in [-0.3, -0.25) is 0 Å². The Balaban J connectivity index is 2.22. The molecule has 0 atom stereocenters. The molecule has 0 radical (unpaired) electrons. The summed E-state index contributed by atoms with van der Waals surface area (Å²) in [5, 5.41) is 2.01. The van der Waals surface area contributed by atoms with Gasteiger partial charge < -0.3 is 4.90 Å². The van der Waals surface area contributed by atoms with E-state index in [0.29, 0.717) is 6.42 Å². The van der Waals surface area contributed by atoms with E-state index >= 15 is 0 Å². The monoisotopic (exact) mass is 221 g/mol. The van der Waals surface area contributed by atoms with Gasteiger partial charge >= 0.3 is 9.05 Å². The van der Waals surface area contributed by atoms with E-state index in [1.807, 2.05) is 5.25 Å². The lowest BCUT2D eigenvalue weighted by atomic mass is 10.4. The van der Waals surface area contributed by atoms with Crippen molar-refractivity contribution in [3.8, 4) is 11.2 Å². The topological polar surface area (TPSA) is 37.4 Å². The van der Waals surface area contributed by atoms with Crippen LogP contribution in [0.3, 0.4) is 0 Å². The fourth-order valence-corrected chi connectivity index (χ4v) is 1.80. The molecule has 0 aliphatic carbocycles. The molecule has 1 aliphatic heterocycles. The number of rotatable bonds is 2. The SMILES string of the molecule is O=S(=O)(Cl)C#CCCN1CCCC1. The number of hydrogen-bond acceptors (Lipinski definition) is 3. The van der Waals surface area contributed by atoms with Crippen LogP contribution in [0.15, 0.2) is 0 Å². The van der Waals surface area contributed by atoms with E-state index in [2.05, 4.69) is 10.8 Å². The van der Waals surface area contributed by atoms with E-state index in [9.17, 15) is 8.42 Å². The summed E-state index contributed by atoms with van der Waals surface area (Å²) < 4.78 is 20.8. The van der Waals surface area contributed by atoms with Crippen LogP contribution in [0.2, 0.25) is 0 Å². The van der Waals surface area contributed by atoms with Gasteiger partial charge in [0.1, 0.15) is 0 Å². The molecule has 0 bridgehead atoms. The van der Waals surface area contributed by atoms with Crippen molar-refractivity contribution in [2.45, 2.75) is 19.3 Å². The van der Waals surface area contributed by atoms with Gasteiger partial charge in [0, 0.05) is 28.9 Å². The van der Waals surface area contributed by atoms with Gasteiger partial charge in [-0.15, -0.1) is 0 Å². The molecule has 1 rings (SSSR count). The van der Waals surface area contributed by atoms with Crippen molar-refractivity contribution in [1.29, 1.82) is 0 Å². The first-order chi connectivity index (χ1) is 6.08. The van der Waals surface area contributed by atoms with Gasteiger partial charge in [0.05, 0.1) is 0 Å². The molecule has 74 valence electrons. The minimum absolute atomic E-state index is 0.575. The summed E-state index contributed by atoms with van der Waals surface area (Å²) in [4.78, 5) is 2.27. The zero-order chi connectivity index (χ0) is 9.73. The van der Waals surface area contributed by atoms with E-state index in [1.165, 1.54) is 12.8 Å². The highest BCUT2D eigenvalue weighted by Crippen LogP contribution is 2.06. The van der Waals surface area contributed by atoms with Crippen molar-refractivity contribution in [2.75, 3.05) is 19.6 Å². The van der Waals surface area contributed by atoms with Crippen LogP contribution >= 0.6 is 10.7 Å². The minimum atomic E-state index is -3.63. The van der Waals surface area contributed by atoms with Crippen LogP contribution in [0.1, 0.15) is 19.3 Å². The molecule has 0 aromatic heterocycles. The average molecular weight is 222 g/mol. The van der Waals surface area contributed by atoms with Crippen molar-refractivity contribution in [3.05, 3.63) is 0 Å². The maximum atomic E-state index is 10.4. The van der Waals surface area contributed by atoms with Crippen LogP contribution in [-0.4, -0.2) is 33.0 Å². The van der Waals surface area contributed by atoms with E-state index in [-0.39, 0.29) is 0 Å². The highest BCUT2D eigenvalue weighted by atomic mass is 35.7. The van der Waals surface area contributed by atoms with Gasteiger partial charge in [-0.05, 0) is 25.9 Å². The van der Waals surface area contributed by atoms with E-state index in [1.54, 1.807) is 0 Å². The Kier molecular flexibility index (Phi) is 4.04. The second-order valence-electron chi connectivity index (χ2n) is 3.02. The molecular weight excluding hydrogens is 210 g/mol. The third kappa shape index (κ3) is 5.14. The average Bonchev–Trinajstić information content (AvgIpc) is 2.48. The predicted octanol–water partition coefficient (Wildman–Crippen LogP) is 1.00. The molecule has 1 fully saturated rings. The zero-order valence-corrected chi connectivity index (χ0v) is 8.86. The molecule has 3 nitrogen and oxygen atoms in total. The van der Waals surface area contributed by atoms with Crippen LogP contribution in [0.5, 0.6) is 0 Å². The summed E-state index contributed by atoms with van der Waals surface area (Å²) in [6, 6.07) is 0. The van der Waals surface area contributed by atoms with Crippen LogP contribution in [-0.2, 0) is 9.05 Å². The molecule has 1 heterocycles. The van der Waals surface area contributed by atoms with Gasteiger partial charge in [-0.25, -0.2) is 0 Å². The maximum Gasteiger partial charge on any atom is 0.300 e. The molecule has 13 heavy (non-hydrogen) atoms. The fraction of sp³-hybridized carbons (Fsp3) is 0.750. The lowest BCUT2D eigenvalue weighted by molar-refractivity contribution is 0.348. The summed E-state index contributed by atoms with van der Waals surface area (Å²) in [5.41, 5.74) is 0. The largest absolute Gasteiger partial charge is 0.302 e. The molecule has 1 aliphatic rings. The van der Waals surface area contributed by atoms with Gasteiger partial charge in [0.25, 0.3) is 0 Å². The van der Waals surface area contributed by atoms with Crippen molar-refractivity contribution in [2.24, 2.45) is 0 Å². The first-order valence-electron chi connectivity index (χ1n) is 4.24. The smallest absolute Gasteiger partial charge is 0.300 e. The fourth-order valence-electron chi connectivity index (χ4n) is 1.36. The Morgan fingerprint density at radius 1 is 1.31 bits per heavy atom. The van der Waals surface area contributed by atoms with Gasteiger partial charge in [-0.2, -0.15) is 8.42 Å². The van der Waals surface area contributed by atoms with Crippen molar-refractivity contribution in [3.63, 3.8) is 0 Å². The lowest BCUT2D eigenvalue weighted by Crippen LogP contribution is -2.19. The highest BCUT2D eigenvalue weighted by Gasteiger charge is 2.09. The number of nitrogens with zero attached hydrogens (tertiary/aromatic N) is 1. The summed E-state index contributed by atoms with van der Waals surface area (Å²) in [5.74, 6) is 2.54. The van der Waals surface area contributed by atoms with Gasteiger partial charge in [0.2, 0.25) is 0 Å². The van der Waals surface area contributed by atoms with E-state index < -0.39 is 9.05 Å². The third-order valence-corrected chi connectivity index (χ3v) is 2.57. The standard InChI is InChI=1S/C8H12ClNO2S/c9-13(11,12)8-4-3-7-10-5-1-2-6-10/h1-3,5-7H2. The zero-order valence-electron chi connectivity index (χ0n) is 7.29. The minimum Gasteiger partial charge on any atom is -0.302 e. The first kappa shape index (κ1) is 10.8. The Morgan fingerprint density at radius 3 is 2.46 bits per heavy atom. The normalized spacial score (nSPS) is 18.2. The Morgan fingerprint density at radius 2 is 1.92 bits per heavy atom. The lowest BCUT2D eigenvalue weighted by Gasteiger charge is -2.10. The Bertz CT molecular complexity index is 309. The van der Waals surface area contributed by atoms with Crippen molar-refractivity contribution in [1.82, 2.24) is 4.90 Å². The van der Waals surface area contributed by atoms with Crippen molar-refractivity contribution < 1.29 is 8.42 Å². The first-order valence-corrected chi connectivity index (χ1v) is 6.55. The van der Waals surface area contributed by atoms with Crippen LogP contribution in [0.25, 0.3) is 0 Å². The van der Waals surface area contributed by atoms with Crippen molar-refractivity contribution >= 4 is 19.7 Å². The maximum absolute atomic E-state index is 10.4. The third-order valence-electron chi connectivity index (χ3n) is 1.95. The quantitative estimate of drug-likeness (QED) is 0.516. The van der Waals surface area contributed by atoms with Crippen LogP contribution in [0.4, 0.5) is 0 Å². The van der Waals surface area contributed by atoms with Gasteiger partial charge in [0.15, 0.2) is 0 Å². The molecule has 1 saturated heterocycles. The van der Waals surface area contributed by atoms with Crippen LogP contribution < -0.4 is 0 Å². The van der Waals surface area contributed by atoms with E-state index in [4.69, 9.17) is 10.7 Å². The Hall–Kier alpha value is -0.240. The van der Waals surface area contributed by atoms with Crippen LogP contribution in [0, 0.1) is 11.2 Å². The molecule has 5 heteroatoms. The van der Waals surface area contributed by atoms with E-state index in [0.717, 1.165) is 19.6 Å². The number of hydrogen-bond donors (Lipinski definition) is 0. The molecular formula is C8H12ClNO2S. The molecule has 0 unspecified atom stereocenters. The Labute approximate surface area is 83.5 Å².